The first-order valence-electron chi connectivity index (χ1n) is 9.03. The normalized spacial score (nSPS) is 10.8. The van der Waals surface area contributed by atoms with Crippen molar-refractivity contribution in [3.63, 3.8) is 0 Å². The van der Waals surface area contributed by atoms with E-state index < -0.39 is 0 Å². The lowest BCUT2D eigenvalue weighted by Crippen LogP contribution is -2.32. The van der Waals surface area contributed by atoms with Gasteiger partial charge < -0.3 is 11.1 Å². The Labute approximate surface area is 166 Å². The predicted molar refractivity (Wildman–Crippen MR) is 110 cm³/mol. The monoisotopic (exact) mass is 386 g/mol. The first-order chi connectivity index (χ1) is 14.1. The third-order valence-electron chi connectivity index (χ3n) is 4.47. The highest BCUT2D eigenvalue weighted by atomic mass is 16.2. The number of nitrogens with zero attached hydrogens (tertiary/aromatic N) is 4. The molecule has 0 aliphatic heterocycles. The fourth-order valence-electron chi connectivity index (χ4n) is 2.98. The summed E-state index contributed by atoms with van der Waals surface area (Å²) in [4.78, 5) is 33.0. The van der Waals surface area contributed by atoms with Crippen LogP contribution in [0.25, 0.3) is 22.0 Å². The molecule has 8 nitrogen and oxygen atoms in total. The second-order valence-electron chi connectivity index (χ2n) is 6.42. The maximum atomic E-state index is 12.4. The van der Waals surface area contributed by atoms with E-state index in [2.05, 4.69) is 20.4 Å². The summed E-state index contributed by atoms with van der Waals surface area (Å²) < 4.78 is 1.35. The molecule has 0 bridgehead atoms. The van der Waals surface area contributed by atoms with Crippen molar-refractivity contribution in [3.05, 3.63) is 83.0 Å². The fourth-order valence-corrected chi connectivity index (χ4v) is 2.98. The van der Waals surface area contributed by atoms with Crippen molar-refractivity contribution in [3.8, 4) is 11.3 Å². The molecule has 3 N–H and O–H groups in total. The number of nitrogens with two attached hydrogens (primary N) is 1. The number of hydrogen-bond donors (Lipinski definition) is 2. The second kappa shape index (κ2) is 7.89. The van der Waals surface area contributed by atoms with Crippen LogP contribution in [0.1, 0.15) is 10.4 Å². The average molecular weight is 386 g/mol. The lowest BCUT2D eigenvalue weighted by Gasteiger charge is -2.08. The zero-order chi connectivity index (χ0) is 20.2. The van der Waals surface area contributed by atoms with E-state index in [9.17, 15) is 9.59 Å². The van der Waals surface area contributed by atoms with Crippen molar-refractivity contribution < 1.29 is 4.79 Å². The molecule has 2 heterocycles. The van der Waals surface area contributed by atoms with Crippen LogP contribution in [0.3, 0.4) is 0 Å². The molecule has 29 heavy (non-hydrogen) atoms. The number of hydrogen-bond acceptors (Lipinski definition) is 6. The summed E-state index contributed by atoms with van der Waals surface area (Å²) in [5, 5.41) is 8.36. The van der Waals surface area contributed by atoms with Crippen molar-refractivity contribution in [2.24, 2.45) is 0 Å². The third-order valence-corrected chi connectivity index (χ3v) is 4.47. The number of fused-ring (bicyclic) bond motifs is 1. The van der Waals surface area contributed by atoms with Gasteiger partial charge in [0.25, 0.3) is 11.5 Å². The molecule has 0 unspecified atom stereocenters. The van der Waals surface area contributed by atoms with Crippen molar-refractivity contribution in [2.45, 2.75) is 6.54 Å². The summed E-state index contributed by atoms with van der Waals surface area (Å²) in [6.07, 6.45) is 4.73. The zero-order valence-corrected chi connectivity index (χ0v) is 15.4. The van der Waals surface area contributed by atoms with Crippen LogP contribution in [0.2, 0.25) is 0 Å². The minimum absolute atomic E-state index is 0.176. The van der Waals surface area contributed by atoms with E-state index in [1.165, 1.54) is 10.9 Å². The van der Waals surface area contributed by atoms with Crippen molar-refractivity contribution in [1.29, 1.82) is 0 Å². The minimum Gasteiger partial charge on any atom is -0.382 e. The van der Waals surface area contributed by atoms with Crippen LogP contribution >= 0.6 is 0 Å². The number of anilines is 1. The first kappa shape index (κ1) is 18.3. The number of nitrogen functional groups attached to an aromatic ring is 1. The van der Waals surface area contributed by atoms with Gasteiger partial charge >= 0.3 is 0 Å². The van der Waals surface area contributed by atoms with Gasteiger partial charge in [-0.05, 0) is 18.2 Å². The van der Waals surface area contributed by atoms with E-state index >= 15 is 0 Å². The van der Waals surface area contributed by atoms with Crippen LogP contribution in [-0.2, 0) is 6.54 Å². The molecule has 2 aromatic heterocycles. The Balaban J connectivity index is 1.40. The van der Waals surface area contributed by atoms with E-state index in [-0.39, 0.29) is 24.6 Å². The van der Waals surface area contributed by atoms with Crippen molar-refractivity contribution >= 4 is 22.5 Å². The molecule has 4 aromatic rings. The lowest BCUT2D eigenvalue weighted by atomic mass is 10.1. The molecule has 1 amide bonds. The van der Waals surface area contributed by atoms with Gasteiger partial charge in [-0.25, -0.2) is 9.67 Å². The topological polar surface area (TPSA) is 116 Å². The highest BCUT2D eigenvalue weighted by molar-refractivity contribution is 5.94. The molecule has 0 spiro atoms. The number of aromatic nitrogens is 4. The van der Waals surface area contributed by atoms with Crippen molar-refractivity contribution in [2.75, 3.05) is 12.3 Å². The van der Waals surface area contributed by atoms with Crippen LogP contribution in [0, 0.1) is 0 Å². The summed E-state index contributed by atoms with van der Waals surface area (Å²) in [6.45, 7) is 0.568. The molecule has 8 heteroatoms. The van der Waals surface area contributed by atoms with E-state index in [4.69, 9.17) is 5.73 Å². The fraction of sp³-hybridized carbons (Fsp3) is 0.0952. The SMILES string of the molecule is Nc1cncc(-c2ccc(C(=O)NCCn3ncc4ccccc4c3=O)cc2)n1. The smallest absolute Gasteiger partial charge is 0.274 e. The van der Waals surface area contributed by atoms with Gasteiger partial charge in [0.2, 0.25) is 0 Å². The molecule has 0 radical (unpaired) electrons. The quantitative estimate of drug-likeness (QED) is 0.541. The van der Waals surface area contributed by atoms with Gasteiger partial charge in [-0.15, -0.1) is 0 Å². The molecule has 2 aromatic carbocycles. The van der Waals surface area contributed by atoms with Crippen LogP contribution in [0.15, 0.2) is 71.9 Å². The van der Waals surface area contributed by atoms with Gasteiger partial charge in [0.15, 0.2) is 0 Å². The van der Waals surface area contributed by atoms with Crippen LogP contribution in [0.4, 0.5) is 5.82 Å². The average Bonchev–Trinajstić information content (AvgIpc) is 2.75. The summed E-state index contributed by atoms with van der Waals surface area (Å²) in [7, 11) is 0. The summed E-state index contributed by atoms with van der Waals surface area (Å²) in [5.41, 5.74) is 7.43. The van der Waals surface area contributed by atoms with Crippen LogP contribution < -0.4 is 16.6 Å². The molecule has 0 saturated carbocycles. The van der Waals surface area contributed by atoms with Gasteiger partial charge in [0.1, 0.15) is 5.82 Å². The number of carbonyl (C=O) groups is 1. The maximum Gasteiger partial charge on any atom is 0.274 e. The van der Waals surface area contributed by atoms with E-state index in [1.807, 2.05) is 18.2 Å². The Hall–Kier alpha value is -4.07. The van der Waals surface area contributed by atoms with E-state index in [1.54, 1.807) is 42.7 Å². The molecule has 4 rings (SSSR count). The maximum absolute atomic E-state index is 12.4. The molecule has 0 aliphatic carbocycles. The Morgan fingerprint density at radius 3 is 2.62 bits per heavy atom. The standard InChI is InChI=1S/C21H18N6O2/c22-19-13-23-12-18(26-19)14-5-7-15(8-6-14)20(28)24-9-10-27-21(29)17-4-2-1-3-16(17)11-25-27/h1-8,11-13H,9-10H2,(H2,22,26)(H,24,28). The third kappa shape index (κ3) is 3.96. The Bertz CT molecular complexity index is 1230. The van der Waals surface area contributed by atoms with E-state index in [0.29, 0.717) is 22.5 Å². The van der Waals surface area contributed by atoms with Gasteiger partial charge in [-0.3, -0.25) is 14.6 Å². The zero-order valence-electron chi connectivity index (χ0n) is 15.4. The molecule has 0 fully saturated rings. The number of rotatable bonds is 5. The Morgan fingerprint density at radius 1 is 1.03 bits per heavy atom. The first-order valence-corrected chi connectivity index (χ1v) is 9.03. The second-order valence-corrected chi connectivity index (χ2v) is 6.42. The molecule has 0 aliphatic rings. The number of benzene rings is 2. The Kier molecular flexibility index (Phi) is 4.98. The van der Waals surface area contributed by atoms with Gasteiger partial charge in [0.05, 0.1) is 36.2 Å². The van der Waals surface area contributed by atoms with Gasteiger partial charge in [-0.1, -0.05) is 30.3 Å². The predicted octanol–water partition coefficient (Wildman–Crippen LogP) is 1.87. The molecule has 0 saturated heterocycles. The van der Waals surface area contributed by atoms with Crippen LogP contribution in [-0.4, -0.2) is 32.2 Å². The molecule has 0 atom stereocenters. The van der Waals surface area contributed by atoms with Crippen molar-refractivity contribution in [1.82, 2.24) is 25.1 Å². The number of amides is 1. The summed E-state index contributed by atoms with van der Waals surface area (Å²) in [6, 6.07) is 14.3. The molecular formula is C21H18N6O2. The van der Waals surface area contributed by atoms with Crippen LogP contribution in [0.5, 0.6) is 0 Å². The Morgan fingerprint density at radius 2 is 1.83 bits per heavy atom. The number of nitrogens with one attached hydrogen (secondary N) is 1. The highest BCUT2D eigenvalue weighted by Crippen LogP contribution is 2.17. The number of carbonyl (C=O) groups excluding carboxylic acids is 1. The lowest BCUT2D eigenvalue weighted by molar-refractivity contribution is 0.0952. The molecular weight excluding hydrogens is 368 g/mol. The summed E-state index contributed by atoms with van der Waals surface area (Å²) >= 11 is 0. The summed E-state index contributed by atoms with van der Waals surface area (Å²) in [5.74, 6) is 0.103. The largest absolute Gasteiger partial charge is 0.382 e. The van der Waals surface area contributed by atoms with Gasteiger partial charge in [0, 0.05) is 23.1 Å². The van der Waals surface area contributed by atoms with E-state index in [0.717, 1.165) is 10.9 Å². The highest BCUT2D eigenvalue weighted by Gasteiger charge is 2.08. The molecule has 144 valence electrons. The van der Waals surface area contributed by atoms with Gasteiger partial charge in [-0.2, -0.15) is 5.10 Å². The minimum atomic E-state index is -0.232.